The van der Waals surface area contributed by atoms with Crippen molar-refractivity contribution in [2.75, 3.05) is 5.75 Å². The van der Waals surface area contributed by atoms with Crippen LogP contribution in [0.1, 0.15) is 5.56 Å². The number of hydrazone groups is 1. The lowest BCUT2D eigenvalue weighted by atomic mass is 10.0. The number of carbonyl (C=O) groups excluding carboxylic acids is 1. The van der Waals surface area contributed by atoms with E-state index in [1.54, 1.807) is 6.21 Å². The molecule has 176 valence electrons. The number of hydrogen-bond donors (Lipinski definition) is 1. The Bertz CT molecular complexity index is 1450. The topological polar surface area (TPSA) is 72.2 Å². The minimum absolute atomic E-state index is 0.157. The van der Waals surface area contributed by atoms with Crippen LogP contribution in [0, 0.1) is 0 Å². The minimum Gasteiger partial charge on any atom is -0.272 e. The molecule has 7 heteroatoms. The van der Waals surface area contributed by atoms with Gasteiger partial charge in [0.25, 0.3) is 5.91 Å². The number of amides is 1. The Hall–Kier alpha value is -4.49. The number of thioether (sulfide) groups is 1. The molecule has 0 aliphatic heterocycles. The molecule has 0 fully saturated rings. The third-order valence-electron chi connectivity index (χ3n) is 5.43. The molecule has 6 nitrogen and oxygen atoms in total. The van der Waals surface area contributed by atoms with Crippen LogP contribution in [0.25, 0.3) is 28.2 Å². The Morgan fingerprint density at radius 3 is 2.00 bits per heavy atom. The molecule has 0 spiro atoms. The van der Waals surface area contributed by atoms with Crippen LogP contribution in [0.3, 0.4) is 0 Å². The van der Waals surface area contributed by atoms with Gasteiger partial charge in [-0.2, -0.15) is 5.10 Å². The van der Waals surface area contributed by atoms with Crippen molar-refractivity contribution in [2.24, 2.45) is 5.10 Å². The Labute approximate surface area is 213 Å². The molecule has 0 saturated heterocycles. The maximum absolute atomic E-state index is 12.5. The molecule has 36 heavy (non-hydrogen) atoms. The van der Waals surface area contributed by atoms with Crippen LogP contribution in [-0.4, -0.2) is 32.6 Å². The summed E-state index contributed by atoms with van der Waals surface area (Å²) in [6, 6.07) is 37.9. The highest BCUT2D eigenvalue weighted by molar-refractivity contribution is 7.99. The van der Waals surface area contributed by atoms with Gasteiger partial charge >= 0.3 is 0 Å². The van der Waals surface area contributed by atoms with Gasteiger partial charge in [-0.05, 0) is 28.8 Å². The van der Waals surface area contributed by atoms with Gasteiger partial charge in [-0.3, -0.25) is 9.36 Å². The zero-order chi connectivity index (χ0) is 24.6. The molecule has 0 unspecified atom stereocenters. The van der Waals surface area contributed by atoms with E-state index in [0.717, 1.165) is 33.8 Å². The highest BCUT2D eigenvalue weighted by Gasteiger charge is 2.17. The summed E-state index contributed by atoms with van der Waals surface area (Å²) >= 11 is 1.31. The molecule has 4 aromatic carbocycles. The van der Waals surface area contributed by atoms with Crippen molar-refractivity contribution in [3.63, 3.8) is 0 Å². The maximum Gasteiger partial charge on any atom is 0.250 e. The summed E-state index contributed by atoms with van der Waals surface area (Å²) in [6.45, 7) is 0. The number of carbonyl (C=O) groups is 1. The van der Waals surface area contributed by atoms with Crippen LogP contribution in [0.4, 0.5) is 0 Å². The standard InChI is InChI=1S/C29H23N5OS/c35-27(31-30-20-22-16-18-24(19-17-22)23-10-4-1-5-11-23)21-36-29-33-32-28(25-12-6-2-7-13-25)34(29)26-14-8-3-9-15-26/h1-20H,21H2,(H,31,35). The van der Waals surface area contributed by atoms with E-state index in [1.165, 1.54) is 11.8 Å². The zero-order valence-corrected chi connectivity index (χ0v) is 20.2. The lowest BCUT2D eigenvalue weighted by Crippen LogP contribution is -2.20. The first-order valence-corrected chi connectivity index (χ1v) is 12.4. The summed E-state index contributed by atoms with van der Waals surface area (Å²) in [7, 11) is 0. The average Bonchev–Trinajstić information content (AvgIpc) is 3.38. The molecule has 1 N–H and O–H groups in total. The molecular weight excluding hydrogens is 466 g/mol. The van der Waals surface area contributed by atoms with Crippen molar-refractivity contribution < 1.29 is 4.79 Å². The number of aromatic nitrogens is 3. The molecule has 0 bridgehead atoms. The van der Waals surface area contributed by atoms with Crippen molar-refractivity contribution in [3.05, 3.63) is 121 Å². The Balaban J connectivity index is 1.23. The van der Waals surface area contributed by atoms with Crippen LogP contribution >= 0.6 is 11.8 Å². The third kappa shape index (κ3) is 5.59. The smallest absolute Gasteiger partial charge is 0.250 e. The van der Waals surface area contributed by atoms with Crippen molar-refractivity contribution >= 4 is 23.9 Å². The van der Waals surface area contributed by atoms with Crippen LogP contribution in [-0.2, 0) is 4.79 Å². The molecule has 0 radical (unpaired) electrons. The van der Waals surface area contributed by atoms with E-state index in [4.69, 9.17) is 0 Å². The number of rotatable bonds is 8. The van der Waals surface area contributed by atoms with Gasteiger partial charge in [0.2, 0.25) is 0 Å². The van der Waals surface area contributed by atoms with Crippen molar-refractivity contribution in [3.8, 4) is 28.2 Å². The summed E-state index contributed by atoms with van der Waals surface area (Å²) < 4.78 is 1.96. The van der Waals surface area contributed by atoms with Crippen LogP contribution in [0.15, 0.2) is 126 Å². The van der Waals surface area contributed by atoms with Gasteiger partial charge in [-0.25, -0.2) is 5.43 Å². The molecule has 0 aliphatic carbocycles. The molecule has 0 aliphatic rings. The quantitative estimate of drug-likeness (QED) is 0.169. The van der Waals surface area contributed by atoms with Crippen molar-refractivity contribution in [2.45, 2.75) is 5.16 Å². The van der Waals surface area contributed by atoms with Crippen molar-refractivity contribution in [1.82, 2.24) is 20.2 Å². The fourth-order valence-electron chi connectivity index (χ4n) is 3.68. The first kappa shape index (κ1) is 23.3. The SMILES string of the molecule is O=C(CSc1nnc(-c2ccccc2)n1-c1ccccc1)NN=Cc1ccc(-c2ccccc2)cc1. The fourth-order valence-corrected chi connectivity index (χ4v) is 4.43. The second-order valence-electron chi connectivity index (χ2n) is 7.91. The van der Waals surface area contributed by atoms with E-state index in [0.29, 0.717) is 5.16 Å². The highest BCUT2D eigenvalue weighted by atomic mass is 32.2. The van der Waals surface area contributed by atoms with Gasteiger partial charge in [0.1, 0.15) is 0 Å². The van der Waals surface area contributed by atoms with Gasteiger partial charge in [-0.1, -0.05) is 115 Å². The first-order valence-electron chi connectivity index (χ1n) is 11.4. The highest BCUT2D eigenvalue weighted by Crippen LogP contribution is 2.27. The Kier molecular flexibility index (Phi) is 7.30. The molecule has 0 saturated carbocycles. The van der Waals surface area contributed by atoms with Gasteiger partial charge in [-0.15, -0.1) is 10.2 Å². The van der Waals surface area contributed by atoms with Crippen LogP contribution < -0.4 is 5.43 Å². The minimum atomic E-state index is -0.221. The van der Waals surface area contributed by atoms with E-state index in [2.05, 4.69) is 32.9 Å². The van der Waals surface area contributed by atoms with Gasteiger partial charge in [0.15, 0.2) is 11.0 Å². The van der Waals surface area contributed by atoms with E-state index >= 15 is 0 Å². The molecule has 1 aromatic heterocycles. The summed E-state index contributed by atoms with van der Waals surface area (Å²) in [4.78, 5) is 12.5. The molecule has 1 amide bonds. The number of benzene rings is 4. The molecular formula is C29H23N5OS. The van der Waals surface area contributed by atoms with E-state index in [1.807, 2.05) is 108 Å². The molecule has 0 atom stereocenters. The lowest BCUT2D eigenvalue weighted by molar-refractivity contribution is -0.118. The molecule has 5 aromatic rings. The maximum atomic E-state index is 12.5. The number of para-hydroxylation sites is 1. The second kappa shape index (κ2) is 11.3. The molecule has 5 rings (SSSR count). The summed E-state index contributed by atoms with van der Waals surface area (Å²) in [5.41, 5.74) is 7.67. The Morgan fingerprint density at radius 2 is 1.33 bits per heavy atom. The van der Waals surface area contributed by atoms with Crippen LogP contribution in [0.5, 0.6) is 0 Å². The summed E-state index contributed by atoms with van der Waals surface area (Å²) in [6.07, 6.45) is 1.64. The van der Waals surface area contributed by atoms with E-state index in [-0.39, 0.29) is 11.7 Å². The second-order valence-corrected chi connectivity index (χ2v) is 8.86. The monoisotopic (exact) mass is 489 g/mol. The zero-order valence-electron chi connectivity index (χ0n) is 19.4. The summed E-state index contributed by atoms with van der Waals surface area (Å²) in [5.74, 6) is 0.659. The predicted octanol–water partition coefficient (Wildman–Crippen LogP) is 5.84. The average molecular weight is 490 g/mol. The number of nitrogens with one attached hydrogen (secondary N) is 1. The van der Waals surface area contributed by atoms with E-state index in [9.17, 15) is 4.79 Å². The van der Waals surface area contributed by atoms with Gasteiger partial charge < -0.3 is 0 Å². The van der Waals surface area contributed by atoms with Gasteiger partial charge in [0.05, 0.1) is 12.0 Å². The Morgan fingerprint density at radius 1 is 0.750 bits per heavy atom. The molecule has 1 heterocycles. The normalized spacial score (nSPS) is 11.0. The largest absolute Gasteiger partial charge is 0.272 e. The number of hydrogen-bond acceptors (Lipinski definition) is 5. The van der Waals surface area contributed by atoms with Crippen molar-refractivity contribution in [1.29, 1.82) is 0 Å². The predicted molar refractivity (Wildman–Crippen MR) is 145 cm³/mol. The third-order valence-corrected chi connectivity index (χ3v) is 6.36. The van der Waals surface area contributed by atoms with E-state index < -0.39 is 0 Å². The van der Waals surface area contributed by atoms with Crippen LogP contribution in [0.2, 0.25) is 0 Å². The first-order chi connectivity index (χ1) is 17.8. The lowest BCUT2D eigenvalue weighted by Gasteiger charge is -2.10. The fraction of sp³-hybridized carbons (Fsp3) is 0.0345. The summed E-state index contributed by atoms with van der Waals surface area (Å²) in [5, 5.41) is 13.5. The number of nitrogens with zero attached hydrogens (tertiary/aromatic N) is 4. The van der Waals surface area contributed by atoms with Gasteiger partial charge in [0, 0.05) is 11.3 Å².